The first-order valence-electron chi connectivity index (χ1n) is 6.39. The smallest absolute Gasteiger partial charge is 0.416 e. The third kappa shape index (κ3) is 5.10. The summed E-state index contributed by atoms with van der Waals surface area (Å²) >= 11 is 22.9. The highest BCUT2D eigenvalue weighted by Gasteiger charge is 2.33. The number of hydrogen-bond donors (Lipinski definition) is 0. The van der Waals surface area contributed by atoms with Gasteiger partial charge in [0.2, 0.25) is 0 Å². The van der Waals surface area contributed by atoms with Gasteiger partial charge in [0.05, 0.1) is 33.8 Å². The van der Waals surface area contributed by atoms with Crippen molar-refractivity contribution in [2.24, 2.45) is 4.99 Å². The lowest BCUT2D eigenvalue weighted by Gasteiger charge is -2.14. The topological polar surface area (TPSA) is 39.4 Å². The molecule has 0 amide bonds. The Hall–Kier alpha value is -0.870. The van der Waals surface area contributed by atoms with Crippen LogP contribution < -0.4 is 0 Å². The third-order valence-corrected chi connectivity index (χ3v) is 4.55. The van der Waals surface area contributed by atoms with Gasteiger partial charge in [0, 0.05) is 0 Å². The summed E-state index contributed by atoms with van der Waals surface area (Å²) in [5.74, 6) is -0.0521. The van der Waals surface area contributed by atoms with Crippen LogP contribution in [0.15, 0.2) is 28.2 Å². The maximum atomic E-state index is 13.5. The normalized spacial score (nSPS) is 12.8. The number of aromatic nitrogens is 2. The average molecular weight is 471 g/mol. The van der Waals surface area contributed by atoms with Crippen molar-refractivity contribution < 1.29 is 22.3 Å². The Balaban J connectivity index is 2.63. The van der Waals surface area contributed by atoms with Gasteiger partial charge >= 0.3 is 10.1 Å². The second kappa shape index (κ2) is 8.02. The van der Waals surface area contributed by atoms with Gasteiger partial charge in [-0.05, 0) is 23.9 Å². The predicted molar refractivity (Wildman–Crippen MR) is 95.1 cm³/mol. The standard InChI is InChI=1S/C13H7Cl4F4N3OS/c1-25-5-22-11-9(26-13(16,17)21)4-23-24(11)10-7(14)2-6(3-8(10)15)12(18,19)20/h2-5H,1H3. The molecule has 2 rings (SSSR count). The molecular weight excluding hydrogens is 464 g/mol. The van der Waals surface area contributed by atoms with Crippen LogP contribution in [0.2, 0.25) is 10.0 Å². The number of ether oxygens (including phenoxy) is 1. The van der Waals surface area contributed by atoms with Crippen molar-refractivity contribution in [1.29, 1.82) is 0 Å². The number of benzene rings is 1. The number of rotatable bonds is 5. The minimum Gasteiger partial charge on any atom is -0.486 e. The second-order valence-electron chi connectivity index (χ2n) is 4.55. The first-order valence-corrected chi connectivity index (χ1v) is 8.72. The van der Waals surface area contributed by atoms with E-state index >= 15 is 0 Å². The zero-order valence-corrected chi connectivity index (χ0v) is 16.3. The fourth-order valence-electron chi connectivity index (χ4n) is 1.84. The molecule has 0 unspecified atom stereocenters. The van der Waals surface area contributed by atoms with Crippen molar-refractivity contribution in [3.05, 3.63) is 33.9 Å². The Labute approximate surface area is 169 Å². The monoisotopic (exact) mass is 469 g/mol. The minimum absolute atomic E-state index is 0.0521. The molecule has 0 bridgehead atoms. The quantitative estimate of drug-likeness (QED) is 0.161. The highest BCUT2D eigenvalue weighted by Crippen LogP contribution is 2.46. The van der Waals surface area contributed by atoms with Crippen molar-refractivity contribution in [1.82, 2.24) is 9.78 Å². The Bertz CT molecular complexity index is 813. The van der Waals surface area contributed by atoms with Gasteiger partial charge < -0.3 is 4.74 Å². The van der Waals surface area contributed by atoms with E-state index in [1.165, 1.54) is 7.11 Å². The number of aliphatic imine (C=N–C) groups is 1. The predicted octanol–water partition coefficient (Wildman–Crippen LogP) is 6.65. The molecule has 0 N–H and O–H groups in total. The van der Waals surface area contributed by atoms with Gasteiger partial charge in [-0.3, -0.25) is 0 Å². The van der Waals surface area contributed by atoms with Crippen LogP contribution in [-0.4, -0.2) is 27.2 Å². The lowest BCUT2D eigenvalue weighted by Crippen LogP contribution is -2.07. The second-order valence-corrected chi connectivity index (χ2v) is 8.25. The van der Waals surface area contributed by atoms with E-state index in [-0.39, 0.29) is 26.4 Å². The lowest BCUT2D eigenvalue weighted by atomic mass is 10.2. The number of thioether (sulfide) groups is 1. The van der Waals surface area contributed by atoms with Crippen LogP contribution in [0.25, 0.3) is 5.69 Å². The third-order valence-electron chi connectivity index (χ3n) is 2.77. The molecule has 0 saturated carbocycles. The first-order chi connectivity index (χ1) is 11.9. The van der Waals surface area contributed by atoms with Gasteiger partial charge in [-0.15, -0.1) is 0 Å². The molecule has 0 radical (unpaired) electrons. The van der Waals surface area contributed by atoms with Crippen LogP contribution in [0.4, 0.5) is 23.4 Å². The first kappa shape index (κ1) is 21.4. The molecule has 1 aromatic heterocycles. The van der Waals surface area contributed by atoms with Crippen LogP contribution in [0, 0.1) is 0 Å². The van der Waals surface area contributed by atoms with Gasteiger partial charge in [-0.25, -0.2) is 4.68 Å². The highest BCUT2D eigenvalue weighted by atomic mass is 35.5. The van der Waals surface area contributed by atoms with E-state index in [1.807, 2.05) is 0 Å². The van der Waals surface area contributed by atoms with Crippen LogP contribution in [0.3, 0.4) is 0 Å². The molecule has 4 nitrogen and oxygen atoms in total. The molecule has 1 aromatic carbocycles. The van der Waals surface area contributed by atoms with Gasteiger partial charge in [-0.1, -0.05) is 46.4 Å². The number of alkyl halides is 6. The largest absolute Gasteiger partial charge is 0.486 e. The van der Waals surface area contributed by atoms with Crippen molar-refractivity contribution in [3.63, 3.8) is 0 Å². The SMILES string of the molecule is COC=Nc1c(SC(F)(Cl)Cl)cnn1-c1c(Cl)cc(C(F)(F)F)cc1Cl. The van der Waals surface area contributed by atoms with Gasteiger partial charge in [0.25, 0.3) is 0 Å². The Morgan fingerprint density at radius 1 is 1.19 bits per heavy atom. The molecule has 0 aliphatic rings. The summed E-state index contributed by atoms with van der Waals surface area (Å²) in [4.78, 5) is 3.97. The molecule has 26 heavy (non-hydrogen) atoms. The number of hydrogen-bond acceptors (Lipinski definition) is 4. The average Bonchev–Trinajstić information content (AvgIpc) is 2.84. The highest BCUT2D eigenvalue weighted by molar-refractivity contribution is 8.03. The number of halogens is 8. The molecule has 1 heterocycles. The van der Waals surface area contributed by atoms with Crippen LogP contribution in [0.1, 0.15) is 5.56 Å². The van der Waals surface area contributed by atoms with E-state index < -0.39 is 15.7 Å². The molecule has 142 valence electrons. The fraction of sp³-hybridized carbons (Fsp3) is 0.231. The van der Waals surface area contributed by atoms with Gasteiger partial charge in [0.15, 0.2) is 12.2 Å². The molecule has 0 atom stereocenters. The van der Waals surface area contributed by atoms with E-state index in [4.69, 9.17) is 51.1 Å². The number of nitrogens with zero attached hydrogens (tertiary/aromatic N) is 3. The van der Waals surface area contributed by atoms with Crippen LogP contribution in [-0.2, 0) is 10.9 Å². The van der Waals surface area contributed by atoms with Crippen molar-refractivity contribution >= 4 is 70.4 Å². The summed E-state index contributed by atoms with van der Waals surface area (Å²) < 4.78 is 55.1. The molecule has 0 saturated heterocycles. The maximum absolute atomic E-state index is 13.5. The molecule has 2 aromatic rings. The van der Waals surface area contributed by atoms with Gasteiger partial charge in [0.1, 0.15) is 5.69 Å². The summed E-state index contributed by atoms with van der Waals surface area (Å²) in [6.07, 6.45) is -2.50. The lowest BCUT2D eigenvalue weighted by molar-refractivity contribution is -0.137. The van der Waals surface area contributed by atoms with Crippen LogP contribution >= 0.6 is 58.2 Å². The maximum Gasteiger partial charge on any atom is 0.416 e. The zero-order chi connectivity index (χ0) is 19.7. The van der Waals surface area contributed by atoms with Crippen LogP contribution in [0.5, 0.6) is 0 Å². The summed E-state index contributed by atoms with van der Waals surface area (Å²) in [6, 6.07) is 1.37. The minimum atomic E-state index is -4.64. The summed E-state index contributed by atoms with van der Waals surface area (Å²) in [5.41, 5.74) is -1.13. The molecule has 0 fully saturated rings. The van der Waals surface area contributed by atoms with E-state index in [9.17, 15) is 17.6 Å². The van der Waals surface area contributed by atoms with Crippen molar-refractivity contribution in [2.45, 2.75) is 15.0 Å². The fourth-order valence-corrected chi connectivity index (χ4v) is 3.57. The number of methoxy groups -OCH3 is 1. The molecule has 13 heteroatoms. The summed E-state index contributed by atoms with van der Waals surface area (Å²) in [5, 5.41) is 3.24. The zero-order valence-electron chi connectivity index (χ0n) is 12.5. The molecule has 0 aliphatic carbocycles. The van der Waals surface area contributed by atoms with Gasteiger partial charge in [-0.2, -0.15) is 27.7 Å². The summed E-state index contributed by atoms with van der Waals surface area (Å²) in [6.45, 7) is 0. The summed E-state index contributed by atoms with van der Waals surface area (Å²) in [7, 11) is 1.30. The molecule has 0 aliphatic heterocycles. The van der Waals surface area contributed by atoms with E-state index in [0.717, 1.165) is 17.3 Å². The van der Waals surface area contributed by atoms with E-state index in [0.29, 0.717) is 23.9 Å². The Morgan fingerprint density at radius 2 is 1.77 bits per heavy atom. The Kier molecular flexibility index (Phi) is 6.61. The molecular formula is C13H7Cl4F4N3OS. The Morgan fingerprint density at radius 3 is 2.23 bits per heavy atom. The van der Waals surface area contributed by atoms with E-state index in [1.54, 1.807) is 0 Å². The van der Waals surface area contributed by atoms with Crippen molar-refractivity contribution in [3.8, 4) is 5.69 Å². The molecule has 0 spiro atoms. The van der Waals surface area contributed by atoms with Crippen molar-refractivity contribution in [2.75, 3.05) is 7.11 Å². The van der Waals surface area contributed by atoms with E-state index in [2.05, 4.69) is 10.1 Å².